The molecule has 0 fully saturated rings. The lowest BCUT2D eigenvalue weighted by Gasteiger charge is -2.10. The van der Waals surface area contributed by atoms with Gasteiger partial charge < -0.3 is 4.74 Å². The van der Waals surface area contributed by atoms with Gasteiger partial charge in [-0.3, -0.25) is 4.72 Å². The van der Waals surface area contributed by atoms with Gasteiger partial charge in [-0.05, 0) is 49.7 Å². The number of aryl methyl sites for hydroxylation is 2. The second-order valence-corrected chi connectivity index (χ2v) is 6.29. The second-order valence-electron chi connectivity index (χ2n) is 4.60. The summed E-state index contributed by atoms with van der Waals surface area (Å²) < 4.78 is 32.2. The van der Waals surface area contributed by atoms with E-state index in [0.717, 1.165) is 16.9 Å². The molecular weight excluding hydrogens is 274 g/mol. The monoisotopic (exact) mass is 291 g/mol. The third-order valence-electron chi connectivity index (χ3n) is 2.98. The fourth-order valence-electron chi connectivity index (χ4n) is 1.87. The smallest absolute Gasteiger partial charge is 0.261 e. The largest absolute Gasteiger partial charge is 0.496 e. The quantitative estimate of drug-likeness (QED) is 0.941. The number of anilines is 1. The number of rotatable bonds is 4. The molecule has 106 valence electrons. The molecule has 0 spiro atoms. The van der Waals surface area contributed by atoms with E-state index >= 15 is 0 Å². The van der Waals surface area contributed by atoms with Crippen LogP contribution in [0, 0.1) is 13.8 Å². The molecule has 0 bridgehead atoms. The average molecular weight is 291 g/mol. The molecule has 5 heteroatoms. The molecule has 0 aliphatic heterocycles. The standard InChI is InChI=1S/C15H17NO3S/c1-11-4-7-14(8-5-11)20(17,18)16-13-6-9-15(19-3)12(2)10-13/h4-10,16H,1-3H3. The molecule has 0 heterocycles. The van der Waals surface area contributed by atoms with Gasteiger partial charge in [0.25, 0.3) is 10.0 Å². The van der Waals surface area contributed by atoms with Crippen LogP contribution in [0.3, 0.4) is 0 Å². The van der Waals surface area contributed by atoms with Crippen LogP contribution in [0.15, 0.2) is 47.4 Å². The lowest BCUT2D eigenvalue weighted by molar-refractivity contribution is 0.412. The van der Waals surface area contributed by atoms with Crippen LogP contribution >= 0.6 is 0 Å². The van der Waals surface area contributed by atoms with Gasteiger partial charge in [0.05, 0.1) is 12.0 Å². The number of hydrogen-bond acceptors (Lipinski definition) is 3. The zero-order chi connectivity index (χ0) is 14.8. The Morgan fingerprint density at radius 1 is 1.00 bits per heavy atom. The van der Waals surface area contributed by atoms with Crippen molar-refractivity contribution in [3.8, 4) is 5.75 Å². The zero-order valence-electron chi connectivity index (χ0n) is 11.7. The number of nitrogens with one attached hydrogen (secondary N) is 1. The maximum Gasteiger partial charge on any atom is 0.261 e. The first kappa shape index (κ1) is 14.4. The van der Waals surface area contributed by atoms with E-state index in [9.17, 15) is 8.42 Å². The summed E-state index contributed by atoms with van der Waals surface area (Å²) in [7, 11) is -1.98. The van der Waals surface area contributed by atoms with E-state index in [-0.39, 0.29) is 4.90 Å². The third kappa shape index (κ3) is 3.11. The van der Waals surface area contributed by atoms with Gasteiger partial charge in [0, 0.05) is 5.69 Å². The molecule has 0 saturated carbocycles. The number of hydrogen-bond donors (Lipinski definition) is 1. The highest BCUT2D eigenvalue weighted by Gasteiger charge is 2.14. The minimum Gasteiger partial charge on any atom is -0.496 e. The fraction of sp³-hybridized carbons (Fsp3) is 0.200. The van der Waals surface area contributed by atoms with Crippen LogP contribution in [-0.4, -0.2) is 15.5 Å². The van der Waals surface area contributed by atoms with E-state index < -0.39 is 10.0 Å². The van der Waals surface area contributed by atoms with Gasteiger partial charge in [0.15, 0.2) is 0 Å². The van der Waals surface area contributed by atoms with Crippen LogP contribution < -0.4 is 9.46 Å². The van der Waals surface area contributed by atoms with Crippen molar-refractivity contribution in [3.05, 3.63) is 53.6 Å². The van der Waals surface area contributed by atoms with Crippen LogP contribution in [0.5, 0.6) is 5.75 Å². The van der Waals surface area contributed by atoms with Crippen molar-refractivity contribution >= 4 is 15.7 Å². The lowest BCUT2D eigenvalue weighted by atomic mass is 10.2. The van der Waals surface area contributed by atoms with Crippen LogP contribution in [0.25, 0.3) is 0 Å². The van der Waals surface area contributed by atoms with Crippen LogP contribution in [0.1, 0.15) is 11.1 Å². The molecule has 2 rings (SSSR count). The summed E-state index contributed by atoms with van der Waals surface area (Å²) in [5.41, 5.74) is 2.41. The van der Waals surface area contributed by atoms with Crippen molar-refractivity contribution in [1.82, 2.24) is 0 Å². The number of sulfonamides is 1. The summed E-state index contributed by atoms with van der Waals surface area (Å²) >= 11 is 0. The Hall–Kier alpha value is -2.01. The first-order chi connectivity index (χ1) is 9.42. The minimum absolute atomic E-state index is 0.247. The molecule has 4 nitrogen and oxygen atoms in total. The Labute approximate surface area is 119 Å². The maximum absolute atomic E-state index is 12.2. The van der Waals surface area contributed by atoms with Crippen molar-refractivity contribution in [3.63, 3.8) is 0 Å². The molecule has 0 saturated heterocycles. The van der Waals surface area contributed by atoms with Crippen molar-refractivity contribution in [2.24, 2.45) is 0 Å². The third-order valence-corrected chi connectivity index (χ3v) is 4.38. The average Bonchev–Trinajstić information content (AvgIpc) is 2.39. The van der Waals surface area contributed by atoms with E-state index in [1.165, 1.54) is 0 Å². The molecular formula is C15H17NO3S. The van der Waals surface area contributed by atoms with Crippen molar-refractivity contribution in [1.29, 1.82) is 0 Å². The number of benzene rings is 2. The van der Waals surface area contributed by atoms with E-state index in [0.29, 0.717) is 5.69 Å². The molecule has 0 aromatic heterocycles. The molecule has 2 aromatic carbocycles. The van der Waals surface area contributed by atoms with Gasteiger partial charge in [-0.25, -0.2) is 8.42 Å². The Balaban J connectivity index is 2.28. The van der Waals surface area contributed by atoms with Gasteiger partial charge in [-0.15, -0.1) is 0 Å². The van der Waals surface area contributed by atoms with E-state index in [2.05, 4.69) is 4.72 Å². The maximum atomic E-state index is 12.2. The van der Waals surface area contributed by atoms with Gasteiger partial charge in [-0.2, -0.15) is 0 Å². The SMILES string of the molecule is COc1ccc(NS(=O)(=O)c2ccc(C)cc2)cc1C. The first-order valence-electron chi connectivity index (χ1n) is 6.16. The second kappa shape index (κ2) is 5.54. The normalized spacial score (nSPS) is 11.2. The van der Waals surface area contributed by atoms with Crippen molar-refractivity contribution in [2.45, 2.75) is 18.7 Å². The Morgan fingerprint density at radius 2 is 1.65 bits per heavy atom. The van der Waals surface area contributed by atoms with Gasteiger partial charge in [0.2, 0.25) is 0 Å². The Kier molecular flexibility index (Phi) is 3.99. The molecule has 0 aliphatic carbocycles. The molecule has 20 heavy (non-hydrogen) atoms. The van der Waals surface area contributed by atoms with E-state index in [1.807, 2.05) is 13.8 Å². The summed E-state index contributed by atoms with van der Waals surface area (Å²) in [5.74, 6) is 0.725. The van der Waals surface area contributed by atoms with E-state index in [1.54, 1.807) is 49.6 Å². The lowest BCUT2D eigenvalue weighted by Crippen LogP contribution is -2.13. The molecule has 2 aromatic rings. The van der Waals surface area contributed by atoms with Crippen molar-refractivity contribution < 1.29 is 13.2 Å². The van der Waals surface area contributed by atoms with Crippen LogP contribution in [-0.2, 0) is 10.0 Å². The van der Waals surface area contributed by atoms with Crippen LogP contribution in [0.4, 0.5) is 5.69 Å². The first-order valence-corrected chi connectivity index (χ1v) is 7.65. The van der Waals surface area contributed by atoms with Crippen LogP contribution in [0.2, 0.25) is 0 Å². The molecule has 0 unspecified atom stereocenters. The molecule has 0 atom stereocenters. The highest BCUT2D eigenvalue weighted by Crippen LogP contribution is 2.23. The predicted molar refractivity (Wildman–Crippen MR) is 79.7 cm³/mol. The molecule has 0 radical (unpaired) electrons. The zero-order valence-corrected chi connectivity index (χ0v) is 12.5. The van der Waals surface area contributed by atoms with Gasteiger partial charge in [-0.1, -0.05) is 17.7 Å². The number of methoxy groups -OCH3 is 1. The highest BCUT2D eigenvalue weighted by atomic mass is 32.2. The summed E-state index contributed by atoms with van der Waals surface area (Å²) in [4.78, 5) is 0.247. The summed E-state index contributed by atoms with van der Waals surface area (Å²) in [6.45, 7) is 3.78. The molecule has 0 aliphatic rings. The predicted octanol–water partition coefficient (Wildman–Crippen LogP) is 3.11. The Morgan fingerprint density at radius 3 is 2.20 bits per heavy atom. The van der Waals surface area contributed by atoms with Gasteiger partial charge in [0.1, 0.15) is 5.75 Å². The topological polar surface area (TPSA) is 55.4 Å². The van der Waals surface area contributed by atoms with Gasteiger partial charge >= 0.3 is 0 Å². The Bertz CT molecular complexity index is 706. The summed E-state index contributed by atoms with van der Waals surface area (Å²) in [6.07, 6.45) is 0. The van der Waals surface area contributed by atoms with E-state index in [4.69, 9.17) is 4.74 Å². The summed E-state index contributed by atoms with van der Waals surface area (Å²) in [6, 6.07) is 11.9. The fourth-order valence-corrected chi connectivity index (χ4v) is 2.92. The highest BCUT2D eigenvalue weighted by molar-refractivity contribution is 7.92. The summed E-state index contributed by atoms with van der Waals surface area (Å²) in [5, 5.41) is 0. The molecule has 0 amide bonds. The number of ether oxygens (including phenoxy) is 1. The minimum atomic E-state index is -3.56. The van der Waals surface area contributed by atoms with Crippen molar-refractivity contribution in [2.75, 3.05) is 11.8 Å². The molecule has 1 N–H and O–H groups in total.